The zero-order valence-electron chi connectivity index (χ0n) is 13.8. The van der Waals surface area contributed by atoms with E-state index in [1.165, 1.54) is 16.3 Å². The number of urea groups is 1. The monoisotopic (exact) mass is 326 g/mol. The van der Waals surface area contributed by atoms with Crippen molar-refractivity contribution >= 4 is 22.8 Å². The molecule has 0 saturated carbocycles. The number of nitrogens with one attached hydrogen (secondary N) is 1. The third-order valence-electron chi connectivity index (χ3n) is 4.83. The second kappa shape index (κ2) is 6.51. The molecule has 1 heterocycles. The predicted molar refractivity (Wildman–Crippen MR) is 93.0 cm³/mol. The molecule has 0 bridgehead atoms. The van der Waals surface area contributed by atoms with Crippen LogP contribution in [-0.2, 0) is 11.2 Å². The van der Waals surface area contributed by atoms with Crippen LogP contribution < -0.4 is 5.32 Å². The van der Waals surface area contributed by atoms with E-state index in [-0.39, 0.29) is 12.6 Å². The average molecular weight is 326 g/mol. The number of aliphatic carboxylic acids is 1. The molecule has 1 saturated heterocycles. The van der Waals surface area contributed by atoms with Gasteiger partial charge in [-0.1, -0.05) is 42.5 Å². The lowest BCUT2D eigenvalue weighted by atomic mass is 9.90. The van der Waals surface area contributed by atoms with Crippen LogP contribution in [0.25, 0.3) is 10.8 Å². The van der Waals surface area contributed by atoms with Crippen LogP contribution in [0.4, 0.5) is 4.79 Å². The molecule has 5 nitrogen and oxygen atoms in total. The number of rotatable bonds is 4. The first-order valence-corrected chi connectivity index (χ1v) is 8.22. The van der Waals surface area contributed by atoms with Crippen LogP contribution in [0.5, 0.6) is 0 Å². The van der Waals surface area contributed by atoms with Crippen molar-refractivity contribution in [1.82, 2.24) is 10.2 Å². The molecular formula is C19H22N2O3. The second-order valence-corrected chi connectivity index (χ2v) is 6.66. The van der Waals surface area contributed by atoms with Gasteiger partial charge in [-0.3, -0.25) is 4.79 Å². The van der Waals surface area contributed by atoms with Crippen LogP contribution in [0.1, 0.15) is 18.9 Å². The summed E-state index contributed by atoms with van der Waals surface area (Å²) in [7, 11) is 0. The Labute approximate surface area is 141 Å². The van der Waals surface area contributed by atoms with E-state index in [0.29, 0.717) is 19.5 Å². The van der Waals surface area contributed by atoms with Crippen molar-refractivity contribution in [1.29, 1.82) is 0 Å². The molecule has 0 aliphatic carbocycles. The van der Waals surface area contributed by atoms with E-state index in [1.807, 2.05) is 18.2 Å². The van der Waals surface area contributed by atoms with Crippen LogP contribution in [0, 0.1) is 5.41 Å². The summed E-state index contributed by atoms with van der Waals surface area (Å²) in [4.78, 5) is 25.1. The van der Waals surface area contributed by atoms with Crippen molar-refractivity contribution in [2.45, 2.75) is 19.8 Å². The fourth-order valence-electron chi connectivity index (χ4n) is 3.24. The fourth-order valence-corrected chi connectivity index (χ4v) is 3.24. The molecule has 126 valence electrons. The first kappa shape index (κ1) is 16.3. The maximum absolute atomic E-state index is 12.2. The number of carbonyl (C=O) groups excluding carboxylic acids is 1. The molecule has 2 N–H and O–H groups in total. The molecule has 1 aliphatic heterocycles. The number of hydrogen-bond donors (Lipinski definition) is 2. The lowest BCUT2D eigenvalue weighted by Gasteiger charge is -2.20. The summed E-state index contributed by atoms with van der Waals surface area (Å²) in [6.07, 6.45) is 1.25. The highest BCUT2D eigenvalue weighted by atomic mass is 16.4. The number of likely N-dealkylation sites (tertiary alicyclic amines) is 1. The number of carbonyl (C=O) groups is 2. The van der Waals surface area contributed by atoms with Gasteiger partial charge in [0.2, 0.25) is 0 Å². The zero-order valence-corrected chi connectivity index (χ0v) is 13.8. The Bertz CT molecular complexity index is 769. The average Bonchev–Trinajstić information content (AvgIpc) is 2.99. The van der Waals surface area contributed by atoms with E-state index >= 15 is 0 Å². The first-order valence-electron chi connectivity index (χ1n) is 8.22. The van der Waals surface area contributed by atoms with Gasteiger partial charge >= 0.3 is 12.0 Å². The Balaban J connectivity index is 1.57. The van der Waals surface area contributed by atoms with Crippen molar-refractivity contribution < 1.29 is 14.7 Å². The Kier molecular flexibility index (Phi) is 4.42. The first-order chi connectivity index (χ1) is 11.5. The molecule has 5 heteroatoms. The molecule has 1 unspecified atom stereocenters. The van der Waals surface area contributed by atoms with Crippen molar-refractivity contribution in [3.8, 4) is 0 Å². The van der Waals surface area contributed by atoms with Crippen LogP contribution in [0.2, 0.25) is 0 Å². The second-order valence-electron chi connectivity index (χ2n) is 6.66. The highest BCUT2D eigenvalue weighted by Crippen LogP contribution is 2.30. The third kappa shape index (κ3) is 3.20. The maximum Gasteiger partial charge on any atom is 0.317 e. The molecule has 1 aliphatic rings. The molecule has 2 aromatic carbocycles. The lowest BCUT2D eigenvalue weighted by Crippen LogP contribution is -2.41. The molecule has 0 radical (unpaired) electrons. The van der Waals surface area contributed by atoms with E-state index in [1.54, 1.807) is 11.8 Å². The van der Waals surface area contributed by atoms with Gasteiger partial charge in [0.15, 0.2) is 0 Å². The Hall–Kier alpha value is -2.56. The predicted octanol–water partition coefficient (Wildman–Crippen LogP) is 2.89. The molecule has 2 amide bonds. The number of carboxylic acids is 1. The summed E-state index contributed by atoms with van der Waals surface area (Å²) >= 11 is 0. The molecule has 1 fully saturated rings. The number of amides is 2. The smallest absolute Gasteiger partial charge is 0.317 e. The van der Waals surface area contributed by atoms with Gasteiger partial charge in [0.1, 0.15) is 0 Å². The number of carboxylic acid groups (broad SMARTS) is 1. The minimum absolute atomic E-state index is 0.180. The molecule has 1 atom stereocenters. The molecule has 3 rings (SSSR count). The number of fused-ring (bicyclic) bond motifs is 1. The quantitative estimate of drug-likeness (QED) is 0.907. The Morgan fingerprint density at radius 2 is 1.96 bits per heavy atom. The minimum Gasteiger partial charge on any atom is -0.481 e. The molecule has 24 heavy (non-hydrogen) atoms. The van der Waals surface area contributed by atoms with Crippen molar-refractivity contribution in [2.75, 3.05) is 19.6 Å². The summed E-state index contributed by atoms with van der Waals surface area (Å²) < 4.78 is 0. The molecule has 2 aromatic rings. The fraction of sp³-hybridized carbons (Fsp3) is 0.368. The topological polar surface area (TPSA) is 69.6 Å². The van der Waals surface area contributed by atoms with Gasteiger partial charge in [-0.05, 0) is 36.1 Å². The van der Waals surface area contributed by atoms with E-state index < -0.39 is 11.4 Å². The molecule has 0 spiro atoms. The highest BCUT2D eigenvalue weighted by Gasteiger charge is 2.42. The standard InChI is InChI=1S/C19H22N2O3/c1-19(17(22)23)10-12-21(13-19)18(24)20-11-9-15-7-4-6-14-5-2-3-8-16(14)15/h2-8H,9-13H2,1H3,(H,20,24)(H,22,23). The summed E-state index contributed by atoms with van der Waals surface area (Å²) in [6, 6.07) is 14.2. The van der Waals surface area contributed by atoms with Crippen LogP contribution in [0.3, 0.4) is 0 Å². The van der Waals surface area contributed by atoms with Crippen molar-refractivity contribution in [2.24, 2.45) is 5.41 Å². The molecular weight excluding hydrogens is 304 g/mol. The number of nitrogens with zero attached hydrogens (tertiary/aromatic N) is 1. The van der Waals surface area contributed by atoms with Gasteiger partial charge in [0.25, 0.3) is 0 Å². The Morgan fingerprint density at radius 3 is 2.71 bits per heavy atom. The molecule has 0 aromatic heterocycles. The van der Waals surface area contributed by atoms with Gasteiger partial charge in [-0.25, -0.2) is 4.79 Å². The summed E-state index contributed by atoms with van der Waals surface area (Å²) in [5.41, 5.74) is 0.373. The normalized spacial score (nSPS) is 20.3. The summed E-state index contributed by atoms with van der Waals surface area (Å²) in [5.74, 6) is -0.839. The van der Waals surface area contributed by atoms with Gasteiger partial charge in [0, 0.05) is 19.6 Å². The number of benzene rings is 2. The van der Waals surface area contributed by atoms with Gasteiger partial charge < -0.3 is 15.3 Å². The third-order valence-corrected chi connectivity index (χ3v) is 4.83. The highest BCUT2D eigenvalue weighted by molar-refractivity contribution is 5.85. The summed E-state index contributed by atoms with van der Waals surface area (Å²) in [5, 5.41) is 14.5. The largest absolute Gasteiger partial charge is 0.481 e. The maximum atomic E-state index is 12.2. The number of hydrogen-bond acceptors (Lipinski definition) is 2. The summed E-state index contributed by atoms with van der Waals surface area (Å²) in [6.45, 7) is 2.98. The van der Waals surface area contributed by atoms with Gasteiger partial charge in [-0.15, -0.1) is 0 Å². The Morgan fingerprint density at radius 1 is 1.21 bits per heavy atom. The van der Waals surface area contributed by atoms with Gasteiger partial charge in [0.05, 0.1) is 5.41 Å². The van der Waals surface area contributed by atoms with Crippen LogP contribution in [-0.4, -0.2) is 41.6 Å². The van der Waals surface area contributed by atoms with Crippen LogP contribution in [0.15, 0.2) is 42.5 Å². The van der Waals surface area contributed by atoms with Crippen LogP contribution >= 0.6 is 0 Å². The van der Waals surface area contributed by atoms with E-state index in [2.05, 4.69) is 29.6 Å². The van der Waals surface area contributed by atoms with E-state index in [0.717, 1.165) is 6.42 Å². The van der Waals surface area contributed by atoms with Crippen molar-refractivity contribution in [3.63, 3.8) is 0 Å². The van der Waals surface area contributed by atoms with Gasteiger partial charge in [-0.2, -0.15) is 0 Å². The SMILES string of the molecule is CC1(C(=O)O)CCN(C(=O)NCCc2cccc3ccccc23)C1. The zero-order chi connectivity index (χ0) is 17.2. The van der Waals surface area contributed by atoms with Crippen molar-refractivity contribution in [3.05, 3.63) is 48.0 Å². The lowest BCUT2D eigenvalue weighted by molar-refractivity contribution is -0.146. The van der Waals surface area contributed by atoms with E-state index in [9.17, 15) is 14.7 Å². The minimum atomic E-state index is -0.839. The van der Waals surface area contributed by atoms with E-state index in [4.69, 9.17) is 0 Å².